The molecule has 6 rings (SSSR count). The minimum atomic E-state index is -2.36. The molecule has 0 saturated carbocycles. The van der Waals surface area contributed by atoms with Gasteiger partial charge >= 0.3 is 0 Å². The Morgan fingerprint density at radius 3 is 2.77 bits per heavy atom. The van der Waals surface area contributed by atoms with E-state index in [2.05, 4.69) is 10.3 Å². The number of aliphatic hydroxyl groups is 5. The van der Waals surface area contributed by atoms with Crippen molar-refractivity contribution in [2.75, 3.05) is 32.8 Å². The van der Waals surface area contributed by atoms with Gasteiger partial charge in [0.15, 0.2) is 5.43 Å². The number of hydrogen-bond acceptors (Lipinski definition) is 13. The predicted octanol–water partition coefficient (Wildman–Crippen LogP) is 0.00202. The van der Waals surface area contributed by atoms with Crippen molar-refractivity contribution >= 4 is 23.1 Å². The van der Waals surface area contributed by atoms with Crippen molar-refractivity contribution in [1.82, 2.24) is 10.2 Å². The van der Waals surface area contributed by atoms with Crippen LogP contribution in [-0.4, -0.2) is 111 Å². The second-order valence-electron chi connectivity index (χ2n) is 13.1. The molecule has 4 aliphatic rings. The maximum absolute atomic E-state index is 12.7. The second-order valence-corrected chi connectivity index (χ2v) is 13.1. The predicted molar refractivity (Wildman–Crippen MR) is 167 cm³/mol. The Bertz CT molecular complexity index is 1670. The van der Waals surface area contributed by atoms with Gasteiger partial charge in [0.25, 0.3) is 0 Å². The topological polar surface area (TPSA) is 204 Å². The van der Waals surface area contributed by atoms with Crippen molar-refractivity contribution in [2.45, 2.75) is 75.1 Å². The van der Waals surface area contributed by atoms with Crippen LogP contribution in [0.15, 0.2) is 55.9 Å². The van der Waals surface area contributed by atoms with Gasteiger partial charge in [0, 0.05) is 44.3 Å². The van der Waals surface area contributed by atoms with E-state index >= 15 is 0 Å². The first kappa shape index (κ1) is 33.3. The summed E-state index contributed by atoms with van der Waals surface area (Å²) in [5.41, 5.74) is -1.08. The van der Waals surface area contributed by atoms with Crippen molar-refractivity contribution in [1.29, 1.82) is 0 Å². The summed E-state index contributed by atoms with van der Waals surface area (Å²) in [5.74, 6) is 1.10. The van der Waals surface area contributed by atoms with Gasteiger partial charge in [-0.05, 0) is 56.4 Å². The molecule has 0 unspecified atom stereocenters. The average Bonchev–Trinajstić information content (AvgIpc) is 3.77. The summed E-state index contributed by atoms with van der Waals surface area (Å²) in [6.45, 7) is 2.68. The van der Waals surface area contributed by atoms with Crippen LogP contribution in [0.3, 0.4) is 0 Å². The van der Waals surface area contributed by atoms with Crippen molar-refractivity contribution in [2.24, 2.45) is 10.9 Å². The number of hydrogen-bond donors (Lipinski definition) is 6. The van der Waals surface area contributed by atoms with Crippen LogP contribution in [0.1, 0.15) is 37.5 Å². The second kappa shape index (κ2) is 13.1. The van der Waals surface area contributed by atoms with Crippen molar-refractivity contribution < 1.29 is 49.3 Å². The fourth-order valence-corrected chi connectivity index (χ4v) is 6.72. The van der Waals surface area contributed by atoms with Gasteiger partial charge in [-0.25, -0.2) is 9.78 Å². The van der Waals surface area contributed by atoms with Crippen molar-refractivity contribution in [3.8, 4) is 5.75 Å². The van der Waals surface area contributed by atoms with Gasteiger partial charge in [0.1, 0.15) is 59.3 Å². The number of aliphatic imine (C=N–C) groups is 1. The number of amides is 1. The van der Waals surface area contributed by atoms with Gasteiger partial charge in [-0.1, -0.05) is 0 Å². The highest BCUT2D eigenvalue weighted by Gasteiger charge is 2.49. The van der Waals surface area contributed by atoms with Gasteiger partial charge in [-0.15, -0.1) is 0 Å². The average molecular weight is 656 g/mol. The minimum Gasteiger partial charge on any atom is -0.484 e. The first-order chi connectivity index (χ1) is 22.4. The Morgan fingerprint density at radius 1 is 1.21 bits per heavy atom. The Labute approximate surface area is 270 Å². The number of allylic oxidation sites excluding steroid dienone is 1. The highest BCUT2D eigenvalue weighted by Crippen LogP contribution is 2.40. The lowest BCUT2D eigenvalue weighted by atomic mass is 9.83. The molecule has 0 radical (unpaired) electrons. The summed E-state index contributed by atoms with van der Waals surface area (Å²) in [6, 6.07) is 4.80. The summed E-state index contributed by atoms with van der Waals surface area (Å²) >= 11 is 0. The molecule has 254 valence electrons. The zero-order chi connectivity index (χ0) is 33.5. The fraction of sp³-hybridized carbons (Fsp3) is 0.545. The number of carbonyl (C=O) groups is 1. The van der Waals surface area contributed by atoms with E-state index in [1.807, 2.05) is 13.0 Å². The van der Waals surface area contributed by atoms with Gasteiger partial charge in [-0.2, -0.15) is 0 Å². The summed E-state index contributed by atoms with van der Waals surface area (Å²) in [5, 5.41) is 56.7. The molecule has 1 fully saturated rings. The van der Waals surface area contributed by atoms with Crippen LogP contribution in [-0.2, 0) is 21.0 Å². The van der Waals surface area contributed by atoms with E-state index in [0.29, 0.717) is 71.8 Å². The van der Waals surface area contributed by atoms with E-state index in [0.717, 1.165) is 0 Å². The Hall–Kier alpha value is -3.63. The van der Waals surface area contributed by atoms with Crippen LogP contribution in [0, 0.1) is 12.8 Å². The maximum Gasteiger partial charge on any atom is 0.220 e. The van der Waals surface area contributed by atoms with Crippen LogP contribution in [0.2, 0.25) is 0 Å². The molecule has 0 aliphatic carbocycles. The first-order valence-corrected chi connectivity index (χ1v) is 15.8. The SMILES string of the molecule is Cc1cc(=O)c2cc3c(cc2o1)O[C@](C)(CC[C@@H]1CNC(=O)C1)[C@H](OOC[C@H](O)[C@](O)(CN1CC=C2N=CC=C21)[C@H](O)[C@H](O)CO)C3. The molecule has 6 N–H and O–H groups in total. The molecule has 5 heterocycles. The summed E-state index contributed by atoms with van der Waals surface area (Å²) in [4.78, 5) is 41.9. The molecule has 1 aromatic carbocycles. The largest absolute Gasteiger partial charge is 0.484 e. The minimum absolute atomic E-state index is 0.00396. The zero-order valence-electron chi connectivity index (χ0n) is 26.3. The number of benzene rings is 1. The number of fused-ring (bicyclic) bond motifs is 3. The van der Waals surface area contributed by atoms with Crippen LogP contribution in [0.5, 0.6) is 5.75 Å². The van der Waals surface area contributed by atoms with Crippen LogP contribution >= 0.6 is 0 Å². The lowest BCUT2D eigenvalue weighted by Gasteiger charge is -2.43. The molecule has 0 spiro atoms. The lowest BCUT2D eigenvalue weighted by molar-refractivity contribution is -0.365. The highest BCUT2D eigenvalue weighted by atomic mass is 17.2. The molecule has 1 amide bonds. The standard InChI is InChI=1S/C33H41N3O11/c1-18-9-24(38)21-11-20-12-29(32(2,46-26(20)13-27(21)45-18)6-3-19-10-30(41)35-14-19)47-44-16-28(40)33(43,31(42)25(39)15-37)17-36-8-5-22-23(36)4-7-34-22/h4-5,7,9,11,13,19,25,28-29,31,37,39-40,42-43H,3,6,8,10,12,14-17H2,1-2H3,(H,35,41)/t19-,25+,28-,29+,31+,32+,33+/m0/s1. The number of nitrogens with one attached hydrogen (secondary N) is 1. The number of aryl methyl sites for hydroxylation is 1. The summed E-state index contributed by atoms with van der Waals surface area (Å²) < 4.78 is 12.3. The van der Waals surface area contributed by atoms with E-state index < -0.39 is 48.8 Å². The molecule has 14 nitrogen and oxygen atoms in total. The molecule has 1 saturated heterocycles. The quantitative estimate of drug-likeness (QED) is 0.125. The number of nitrogens with zero attached hydrogens (tertiary/aromatic N) is 2. The molecule has 0 bridgehead atoms. The van der Waals surface area contributed by atoms with E-state index in [1.54, 1.807) is 36.2 Å². The Balaban J connectivity index is 1.20. The lowest BCUT2D eigenvalue weighted by Crippen LogP contribution is -2.63. The van der Waals surface area contributed by atoms with Crippen LogP contribution < -0.4 is 15.5 Å². The molecule has 4 aliphatic heterocycles. The summed E-state index contributed by atoms with van der Waals surface area (Å²) in [7, 11) is 0. The third-order valence-electron chi connectivity index (χ3n) is 9.62. The molecule has 7 atom stereocenters. The molecular formula is C33H41N3O11. The number of β-amino-alcohol motifs (C(OH)–C–C–N with tert-alkyl or cyclic N) is 1. The van der Waals surface area contributed by atoms with E-state index in [4.69, 9.17) is 18.9 Å². The number of ether oxygens (including phenoxy) is 1. The summed E-state index contributed by atoms with van der Waals surface area (Å²) in [6.07, 6.45) is 0.716. The monoisotopic (exact) mass is 655 g/mol. The number of rotatable bonds is 13. The molecule has 2 aromatic rings. The highest BCUT2D eigenvalue weighted by molar-refractivity contribution is 5.80. The molecule has 14 heteroatoms. The smallest absolute Gasteiger partial charge is 0.220 e. The maximum atomic E-state index is 12.7. The van der Waals surface area contributed by atoms with Gasteiger partial charge in [0.2, 0.25) is 5.91 Å². The third kappa shape index (κ3) is 6.59. The fourth-order valence-electron chi connectivity index (χ4n) is 6.72. The molecule has 1 aromatic heterocycles. The van der Waals surface area contributed by atoms with Crippen molar-refractivity contribution in [3.05, 3.63) is 63.3 Å². The normalized spacial score (nSPS) is 26.6. The number of carbonyl (C=O) groups excluding carboxylic acids is 1. The van der Waals surface area contributed by atoms with E-state index in [9.17, 15) is 35.1 Å². The Morgan fingerprint density at radius 2 is 2.02 bits per heavy atom. The first-order valence-electron chi connectivity index (χ1n) is 15.8. The molecular weight excluding hydrogens is 614 g/mol. The molecule has 47 heavy (non-hydrogen) atoms. The van der Waals surface area contributed by atoms with Gasteiger partial charge in [0.05, 0.1) is 29.9 Å². The van der Waals surface area contributed by atoms with Crippen LogP contribution in [0.4, 0.5) is 0 Å². The number of aliphatic hydroxyl groups excluding tert-OH is 4. The van der Waals surface area contributed by atoms with Gasteiger partial charge < -0.3 is 44.9 Å². The van der Waals surface area contributed by atoms with E-state index in [1.165, 1.54) is 6.07 Å². The van der Waals surface area contributed by atoms with Crippen LogP contribution in [0.25, 0.3) is 11.0 Å². The Kier molecular flexibility index (Phi) is 9.28. The van der Waals surface area contributed by atoms with E-state index in [-0.39, 0.29) is 30.2 Å². The van der Waals surface area contributed by atoms with Crippen molar-refractivity contribution in [3.63, 3.8) is 0 Å². The zero-order valence-corrected chi connectivity index (χ0v) is 26.3. The third-order valence-corrected chi connectivity index (χ3v) is 9.62. The van der Waals surface area contributed by atoms with Gasteiger partial charge in [-0.3, -0.25) is 14.6 Å².